The molecular formula is C11H15N3O2. The van der Waals surface area contributed by atoms with Gasteiger partial charge in [-0.1, -0.05) is 6.58 Å². The van der Waals surface area contributed by atoms with Crippen LogP contribution < -0.4 is 5.32 Å². The van der Waals surface area contributed by atoms with E-state index in [1.807, 2.05) is 0 Å². The van der Waals surface area contributed by atoms with Gasteiger partial charge in [0.05, 0.1) is 18.8 Å². The zero-order chi connectivity index (χ0) is 11.4. The number of hydrogen-bond donors (Lipinski definition) is 1. The fourth-order valence-electron chi connectivity index (χ4n) is 1.80. The van der Waals surface area contributed by atoms with Crippen LogP contribution in [0.2, 0.25) is 0 Å². The van der Waals surface area contributed by atoms with E-state index >= 15 is 0 Å². The lowest BCUT2D eigenvalue weighted by Gasteiger charge is -2.24. The fraction of sp³-hybridized carbons (Fsp3) is 0.455. The van der Waals surface area contributed by atoms with Crippen molar-refractivity contribution < 1.29 is 9.53 Å². The van der Waals surface area contributed by atoms with E-state index in [0.29, 0.717) is 12.4 Å². The molecule has 16 heavy (non-hydrogen) atoms. The van der Waals surface area contributed by atoms with Crippen LogP contribution in [0.15, 0.2) is 24.9 Å². The number of anilines is 1. The summed E-state index contributed by atoms with van der Waals surface area (Å²) in [6.07, 6.45) is 4.97. The minimum atomic E-state index is -0.224. The van der Waals surface area contributed by atoms with Crippen molar-refractivity contribution in [1.82, 2.24) is 9.78 Å². The molecule has 0 bridgehead atoms. The highest BCUT2D eigenvalue weighted by Gasteiger charge is 2.19. The summed E-state index contributed by atoms with van der Waals surface area (Å²) in [6.45, 7) is 4.88. The van der Waals surface area contributed by atoms with Gasteiger partial charge in [-0.25, -0.2) is 4.68 Å². The Morgan fingerprint density at radius 3 is 3.31 bits per heavy atom. The van der Waals surface area contributed by atoms with E-state index < -0.39 is 0 Å². The van der Waals surface area contributed by atoms with E-state index in [0.717, 1.165) is 19.4 Å². The monoisotopic (exact) mass is 221 g/mol. The Bertz CT molecular complexity index is 380. The average Bonchev–Trinajstić information content (AvgIpc) is 2.78. The molecule has 1 unspecified atom stereocenters. The van der Waals surface area contributed by atoms with Gasteiger partial charge >= 0.3 is 0 Å². The third-order valence-electron chi connectivity index (χ3n) is 2.59. The molecule has 2 heterocycles. The van der Waals surface area contributed by atoms with Gasteiger partial charge in [0.25, 0.3) is 0 Å². The summed E-state index contributed by atoms with van der Waals surface area (Å²) in [5.41, 5.74) is 0. The summed E-state index contributed by atoms with van der Waals surface area (Å²) in [5.74, 6) is 0.471. The Balaban J connectivity index is 2.11. The highest BCUT2D eigenvalue weighted by atomic mass is 16.5. The van der Waals surface area contributed by atoms with Crippen molar-refractivity contribution in [3.8, 4) is 0 Å². The second-order valence-corrected chi connectivity index (χ2v) is 3.73. The zero-order valence-corrected chi connectivity index (χ0v) is 9.06. The van der Waals surface area contributed by atoms with Gasteiger partial charge in [0.2, 0.25) is 5.91 Å². The Kier molecular flexibility index (Phi) is 3.36. The first-order valence-corrected chi connectivity index (χ1v) is 5.36. The molecule has 5 heteroatoms. The largest absolute Gasteiger partial charge is 0.379 e. The van der Waals surface area contributed by atoms with Gasteiger partial charge in [0, 0.05) is 12.7 Å². The molecule has 1 aliphatic rings. The molecule has 1 saturated heterocycles. The SMILES string of the molecule is C=CC(=O)Nc1ccnn1C1CCCOC1. The molecule has 0 radical (unpaired) electrons. The van der Waals surface area contributed by atoms with Crippen molar-refractivity contribution >= 4 is 11.7 Å². The van der Waals surface area contributed by atoms with Crippen molar-refractivity contribution in [1.29, 1.82) is 0 Å². The van der Waals surface area contributed by atoms with Gasteiger partial charge in [-0.3, -0.25) is 4.79 Å². The van der Waals surface area contributed by atoms with Crippen LogP contribution in [0.5, 0.6) is 0 Å². The van der Waals surface area contributed by atoms with E-state index in [-0.39, 0.29) is 11.9 Å². The van der Waals surface area contributed by atoms with Crippen LogP contribution in [0.1, 0.15) is 18.9 Å². The van der Waals surface area contributed by atoms with Crippen LogP contribution in [0.3, 0.4) is 0 Å². The Labute approximate surface area is 94.1 Å². The molecule has 1 aromatic heterocycles. The maximum Gasteiger partial charge on any atom is 0.248 e. The predicted octanol–water partition coefficient (Wildman–Crippen LogP) is 1.36. The number of carbonyl (C=O) groups is 1. The van der Waals surface area contributed by atoms with Crippen molar-refractivity contribution in [3.05, 3.63) is 24.9 Å². The van der Waals surface area contributed by atoms with Gasteiger partial charge in [-0.15, -0.1) is 0 Å². The Hall–Kier alpha value is -1.62. The van der Waals surface area contributed by atoms with Crippen molar-refractivity contribution in [2.75, 3.05) is 18.5 Å². The normalized spacial score (nSPS) is 20.4. The van der Waals surface area contributed by atoms with E-state index in [9.17, 15) is 4.79 Å². The standard InChI is InChI=1S/C11H15N3O2/c1-2-11(15)13-10-5-6-12-14(10)9-4-3-7-16-8-9/h2,5-6,9H,1,3-4,7-8H2,(H,13,15). The summed E-state index contributed by atoms with van der Waals surface area (Å²) < 4.78 is 7.20. The number of amides is 1. The lowest BCUT2D eigenvalue weighted by atomic mass is 10.1. The van der Waals surface area contributed by atoms with Gasteiger partial charge in [-0.05, 0) is 18.9 Å². The van der Waals surface area contributed by atoms with Crippen LogP contribution in [-0.2, 0) is 9.53 Å². The average molecular weight is 221 g/mol. The Morgan fingerprint density at radius 1 is 1.75 bits per heavy atom. The highest BCUT2D eigenvalue weighted by Crippen LogP contribution is 2.22. The van der Waals surface area contributed by atoms with Gasteiger partial charge in [0.15, 0.2) is 0 Å². The fourth-order valence-corrected chi connectivity index (χ4v) is 1.80. The minimum absolute atomic E-state index is 0.212. The zero-order valence-electron chi connectivity index (χ0n) is 9.06. The lowest BCUT2D eigenvalue weighted by Crippen LogP contribution is -2.24. The quantitative estimate of drug-likeness (QED) is 0.784. The second kappa shape index (κ2) is 4.94. The summed E-state index contributed by atoms with van der Waals surface area (Å²) in [7, 11) is 0. The molecule has 0 spiro atoms. The molecule has 1 amide bonds. The van der Waals surface area contributed by atoms with Crippen molar-refractivity contribution in [2.45, 2.75) is 18.9 Å². The molecule has 5 nitrogen and oxygen atoms in total. The lowest BCUT2D eigenvalue weighted by molar-refractivity contribution is -0.111. The Morgan fingerprint density at radius 2 is 2.62 bits per heavy atom. The van der Waals surface area contributed by atoms with Gasteiger partial charge < -0.3 is 10.1 Å². The van der Waals surface area contributed by atoms with E-state index in [4.69, 9.17) is 4.74 Å². The van der Waals surface area contributed by atoms with Crippen molar-refractivity contribution in [2.24, 2.45) is 0 Å². The number of carbonyl (C=O) groups excluding carboxylic acids is 1. The highest BCUT2D eigenvalue weighted by molar-refractivity contribution is 5.98. The second-order valence-electron chi connectivity index (χ2n) is 3.73. The van der Waals surface area contributed by atoms with E-state index in [1.54, 1.807) is 16.9 Å². The summed E-state index contributed by atoms with van der Waals surface area (Å²) in [5, 5.41) is 6.94. The first-order valence-electron chi connectivity index (χ1n) is 5.36. The number of rotatable bonds is 3. The molecule has 1 N–H and O–H groups in total. The summed E-state index contributed by atoms with van der Waals surface area (Å²) in [6, 6.07) is 1.99. The molecule has 1 fully saturated rings. The molecule has 2 rings (SSSR count). The number of hydrogen-bond acceptors (Lipinski definition) is 3. The topological polar surface area (TPSA) is 56.2 Å². The van der Waals surface area contributed by atoms with Gasteiger partial charge in [-0.2, -0.15) is 5.10 Å². The molecule has 86 valence electrons. The molecule has 0 saturated carbocycles. The molecule has 0 aliphatic carbocycles. The number of ether oxygens (including phenoxy) is 1. The molecular weight excluding hydrogens is 206 g/mol. The third kappa shape index (κ3) is 2.30. The predicted molar refractivity (Wildman–Crippen MR) is 60.1 cm³/mol. The maximum absolute atomic E-state index is 11.2. The number of aromatic nitrogens is 2. The van der Waals surface area contributed by atoms with E-state index in [2.05, 4.69) is 17.0 Å². The third-order valence-corrected chi connectivity index (χ3v) is 2.59. The number of nitrogens with zero attached hydrogens (tertiary/aromatic N) is 2. The van der Waals surface area contributed by atoms with E-state index in [1.165, 1.54) is 6.08 Å². The smallest absolute Gasteiger partial charge is 0.248 e. The van der Waals surface area contributed by atoms with Gasteiger partial charge in [0.1, 0.15) is 5.82 Å². The van der Waals surface area contributed by atoms with Crippen LogP contribution in [0.4, 0.5) is 5.82 Å². The summed E-state index contributed by atoms with van der Waals surface area (Å²) >= 11 is 0. The molecule has 1 atom stereocenters. The maximum atomic E-state index is 11.2. The molecule has 0 aromatic carbocycles. The first-order chi connectivity index (χ1) is 7.81. The van der Waals surface area contributed by atoms with Crippen LogP contribution in [-0.4, -0.2) is 28.9 Å². The minimum Gasteiger partial charge on any atom is -0.379 e. The van der Waals surface area contributed by atoms with Crippen LogP contribution >= 0.6 is 0 Å². The first kappa shape index (κ1) is 10.9. The summed E-state index contributed by atoms with van der Waals surface area (Å²) in [4.78, 5) is 11.2. The number of nitrogens with one attached hydrogen (secondary N) is 1. The molecule has 1 aromatic rings. The van der Waals surface area contributed by atoms with Crippen LogP contribution in [0, 0.1) is 0 Å². The molecule has 1 aliphatic heterocycles. The van der Waals surface area contributed by atoms with Crippen molar-refractivity contribution in [3.63, 3.8) is 0 Å². The van der Waals surface area contributed by atoms with Crippen LogP contribution in [0.25, 0.3) is 0 Å².